The number of carboxylic acid groups (broad SMARTS) is 1. The molecule has 0 radical (unpaired) electrons. The monoisotopic (exact) mass is 566 g/mol. The van der Waals surface area contributed by atoms with Crippen LogP contribution in [0.3, 0.4) is 0 Å². The van der Waals surface area contributed by atoms with E-state index in [1.807, 2.05) is 6.20 Å². The second kappa shape index (κ2) is 16.5. The van der Waals surface area contributed by atoms with Crippen LogP contribution in [0.5, 0.6) is 0 Å². The maximum atomic E-state index is 10.8. The van der Waals surface area contributed by atoms with Crippen LogP contribution in [0.25, 0.3) is 6.08 Å². The van der Waals surface area contributed by atoms with E-state index in [0.29, 0.717) is 24.0 Å². The van der Waals surface area contributed by atoms with Gasteiger partial charge in [0.15, 0.2) is 0 Å². The van der Waals surface area contributed by atoms with Crippen molar-refractivity contribution in [3.63, 3.8) is 0 Å². The Hall–Kier alpha value is -1.28. The molecular weight excluding hydrogens is 530 g/mol. The van der Waals surface area contributed by atoms with Crippen molar-refractivity contribution in [2.24, 2.45) is 5.92 Å². The Kier molecular flexibility index (Phi) is 15.9. The van der Waals surface area contributed by atoms with Gasteiger partial charge in [-0.2, -0.15) is 5.10 Å². The van der Waals surface area contributed by atoms with Gasteiger partial charge in [0.1, 0.15) is 6.54 Å². The summed E-state index contributed by atoms with van der Waals surface area (Å²) in [6.07, 6.45) is 13.1. The van der Waals surface area contributed by atoms with E-state index >= 15 is 0 Å². The average Bonchev–Trinajstić information content (AvgIpc) is 3.39. The smallest absolute Gasteiger partial charge is 0.325 e. The van der Waals surface area contributed by atoms with Crippen molar-refractivity contribution >= 4 is 61.7 Å². The van der Waals surface area contributed by atoms with E-state index < -0.39 is 5.97 Å². The van der Waals surface area contributed by atoms with E-state index in [9.17, 15) is 4.79 Å². The second-order valence-electron chi connectivity index (χ2n) is 8.97. The van der Waals surface area contributed by atoms with Crippen molar-refractivity contribution in [2.45, 2.75) is 76.7 Å². The third-order valence-corrected chi connectivity index (χ3v) is 6.58. The number of hydrogen-bond donors (Lipinski definition) is 3. The molecule has 1 aromatic carbocycles. The molecule has 0 saturated heterocycles. The summed E-state index contributed by atoms with van der Waals surface area (Å²) >= 11 is 0. The van der Waals surface area contributed by atoms with E-state index in [1.165, 1.54) is 42.3 Å². The van der Waals surface area contributed by atoms with Gasteiger partial charge in [0.2, 0.25) is 0 Å². The maximum Gasteiger partial charge on any atom is 0.325 e. The van der Waals surface area contributed by atoms with Crippen LogP contribution in [-0.4, -0.2) is 39.0 Å². The molecule has 0 spiro atoms. The Morgan fingerprint density at radius 1 is 1.09 bits per heavy atom. The van der Waals surface area contributed by atoms with E-state index in [4.69, 9.17) is 5.11 Å². The van der Waals surface area contributed by atoms with E-state index in [1.54, 1.807) is 11.8 Å². The third kappa shape index (κ3) is 10.3. The van der Waals surface area contributed by atoms with Gasteiger partial charge in [-0.1, -0.05) is 48.9 Å². The van der Waals surface area contributed by atoms with Crippen LogP contribution in [0.15, 0.2) is 48.3 Å². The van der Waals surface area contributed by atoms with Crippen LogP contribution < -0.4 is 10.6 Å². The molecule has 1 heterocycles. The maximum absolute atomic E-state index is 10.8. The number of rotatable bonds is 10. The lowest BCUT2D eigenvalue weighted by molar-refractivity contribution is -0.137. The number of carbonyl (C=O) groups is 1. The highest BCUT2D eigenvalue weighted by Crippen LogP contribution is 2.40. The molecular formula is C25H38Cl4N4O2. The molecule has 2 aromatic rings. The summed E-state index contributed by atoms with van der Waals surface area (Å²) in [6, 6.07) is 12.5. The van der Waals surface area contributed by atoms with Crippen molar-refractivity contribution in [2.75, 3.05) is 0 Å². The zero-order valence-electron chi connectivity index (χ0n) is 20.0. The van der Waals surface area contributed by atoms with Crippen LogP contribution in [0, 0.1) is 5.92 Å². The number of benzene rings is 1. The molecule has 2 fully saturated rings. The number of hydrogen-bond acceptors (Lipinski definition) is 4. The highest BCUT2D eigenvalue weighted by atomic mass is 35.5. The number of nitrogens with zero attached hydrogens (tertiary/aromatic N) is 2. The molecule has 0 unspecified atom stereocenters. The lowest BCUT2D eigenvalue weighted by Crippen LogP contribution is -2.40. The van der Waals surface area contributed by atoms with Gasteiger partial charge < -0.3 is 15.7 Å². The first-order valence-electron chi connectivity index (χ1n) is 11.6. The molecule has 1 aromatic heterocycles. The normalized spacial score (nSPS) is 23.1. The molecule has 6 nitrogen and oxygen atoms in total. The van der Waals surface area contributed by atoms with Crippen molar-refractivity contribution in [1.82, 2.24) is 20.4 Å². The molecule has 4 rings (SSSR count). The van der Waals surface area contributed by atoms with Gasteiger partial charge in [0, 0.05) is 36.4 Å². The summed E-state index contributed by atoms with van der Waals surface area (Å²) in [5.41, 5.74) is 3.92. The van der Waals surface area contributed by atoms with E-state index in [-0.39, 0.29) is 56.2 Å². The molecule has 3 N–H and O–H groups in total. The minimum Gasteiger partial charge on any atom is -0.480 e. The Morgan fingerprint density at radius 3 is 2.37 bits per heavy atom. The van der Waals surface area contributed by atoms with Crippen LogP contribution >= 0.6 is 49.6 Å². The van der Waals surface area contributed by atoms with Crippen molar-refractivity contribution in [3.05, 3.63) is 59.4 Å². The summed E-state index contributed by atoms with van der Waals surface area (Å²) < 4.78 is 1.48. The third-order valence-electron chi connectivity index (χ3n) is 6.58. The lowest BCUT2D eigenvalue weighted by atomic mass is 9.91. The molecule has 2 aliphatic rings. The first-order chi connectivity index (χ1) is 15.1. The van der Waals surface area contributed by atoms with Gasteiger partial charge in [-0.25, -0.2) is 0 Å². The molecule has 2 atom stereocenters. The van der Waals surface area contributed by atoms with Gasteiger partial charge in [0.05, 0.1) is 6.20 Å². The molecule has 2 saturated carbocycles. The van der Waals surface area contributed by atoms with Crippen LogP contribution in [0.4, 0.5) is 0 Å². The van der Waals surface area contributed by atoms with Crippen LogP contribution in [0.1, 0.15) is 56.6 Å². The van der Waals surface area contributed by atoms with Gasteiger partial charge >= 0.3 is 5.97 Å². The highest BCUT2D eigenvalue weighted by molar-refractivity contribution is 5.86. The van der Waals surface area contributed by atoms with Gasteiger partial charge in [-0.05, 0) is 50.0 Å². The summed E-state index contributed by atoms with van der Waals surface area (Å²) in [4.78, 5) is 10.8. The molecule has 198 valence electrons. The average molecular weight is 568 g/mol. The number of halogens is 4. The highest BCUT2D eigenvalue weighted by Gasteiger charge is 2.40. The first kappa shape index (κ1) is 33.7. The predicted octanol–water partition coefficient (Wildman–Crippen LogP) is 5.53. The number of carboxylic acids is 1. The summed E-state index contributed by atoms with van der Waals surface area (Å²) in [7, 11) is 0. The van der Waals surface area contributed by atoms with Gasteiger partial charge in [-0.3, -0.25) is 9.48 Å². The zero-order chi connectivity index (χ0) is 21.6. The van der Waals surface area contributed by atoms with Crippen LogP contribution in [-0.2, 0) is 17.9 Å². The summed E-state index contributed by atoms with van der Waals surface area (Å²) in [5.74, 6) is -0.170. The fraction of sp³-hybridized carbons (Fsp3) is 0.520. The summed E-state index contributed by atoms with van der Waals surface area (Å²) in [6.45, 7) is 2.93. The Labute approximate surface area is 233 Å². The van der Waals surface area contributed by atoms with E-state index in [2.05, 4.69) is 59.1 Å². The fourth-order valence-corrected chi connectivity index (χ4v) is 4.78. The van der Waals surface area contributed by atoms with Gasteiger partial charge in [0.25, 0.3) is 0 Å². The minimum atomic E-state index is -0.868. The minimum absolute atomic E-state index is 0. The Balaban J connectivity index is 0.00000289. The largest absolute Gasteiger partial charge is 0.480 e. The zero-order valence-corrected chi connectivity index (χ0v) is 23.2. The first-order valence-corrected chi connectivity index (χ1v) is 11.6. The Bertz CT molecular complexity index is 902. The number of nitrogens with one attached hydrogen (secondary N) is 2. The molecule has 0 aliphatic heterocycles. The molecule has 2 aliphatic carbocycles. The predicted molar refractivity (Wildman–Crippen MR) is 151 cm³/mol. The van der Waals surface area contributed by atoms with Crippen molar-refractivity contribution in [3.8, 4) is 0 Å². The fourth-order valence-electron chi connectivity index (χ4n) is 4.78. The molecule has 10 heteroatoms. The second-order valence-corrected chi connectivity index (χ2v) is 8.97. The molecule has 35 heavy (non-hydrogen) atoms. The Morgan fingerprint density at radius 2 is 1.74 bits per heavy atom. The number of aromatic nitrogens is 2. The van der Waals surface area contributed by atoms with Crippen molar-refractivity contribution in [1.29, 1.82) is 0 Å². The van der Waals surface area contributed by atoms with Crippen molar-refractivity contribution < 1.29 is 9.90 Å². The summed E-state index contributed by atoms with van der Waals surface area (Å²) in [5, 5.41) is 20.5. The standard InChI is InChI=1S/C25H34N4O2.4ClH/c1-2-20(12-18-6-4-3-5-7-18)23-13-24(23)28-22-10-8-21(9-11-22)26-14-19-15-27-29(16-19)17-25(30)31;;;;/h3-7,12,15-16,21-24,26,28H,2,8-11,13-14,17H2,1H3,(H,30,31);4*1H/b20-12+;;;;/t21?,22?,23-,24+;;;;/m0..../s1. The molecule has 0 amide bonds. The quantitative estimate of drug-likeness (QED) is 0.352. The molecule has 0 bridgehead atoms. The SMILES string of the molecule is CC/C(=C\c1ccccc1)[C@@H]1C[C@H]1NC1CCC(NCc2cnn(CC(=O)O)c2)CC1.Cl.Cl.Cl.Cl. The topological polar surface area (TPSA) is 79.2 Å². The van der Waals surface area contributed by atoms with Crippen LogP contribution in [0.2, 0.25) is 0 Å². The van der Waals surface area contributed by atoms with E-state index in [0.717, 1.165) is 18.5 Å². The van der Waals surface area contributed by atoms with Gasteiger partial charge in [-0.15, -0.1) is 49.6 Å². The number of aliphatic carboxylic acids is 1. The lowest BCUT2D eigenvalue weighted by Gasteiger charge is -2.30.